The van der Waals surface area contributed by atoms with Gasteiger partial charge in [-0.05, 0) is 18.1 Å². The molecule has 0 aromatic heterocycles. The fraction of sp³-hybridized carbons (Fsp3) is 0.200. The Hall–Kier alpha value is -1.47. The van der Waals surface area contributed by atoms with Gasteiger partial charge in [0.15, 0.2) is 0 Å². The molecular formula is C10H9NO2S. The van der Waals surface area contributed by atoms with Crippen LogP contribution in [0, 0.1) is 11.3 Å². The number of carboxylic acids is 1. The van der Waals surface area contributed by atoms with Gasteiger partial charge in [-0.1, -0.05) is 13.0 Å². The van der Waals surface area contributed by atoms with E-state index in [1.807, 2.05) is 13.0 Å². The number of hydrogen-bond acceptors (Lipinski definition) is 3. The molecule has 0 bridgehead atoms. The normalized spacial score (nSPS) is 9.50. The van der Waals surface area contributed by atoms with Gasteiger partial charge < -0.3 is 5.11 Å². The van der Waals surface area contributed by atoms with Gasteiger partial charge in [0.05, 0.1) is 11.1 Å². The predicted octanol–water partition coefficient (Wildman–Crippen LogP) is 2.11. The second-order valence-electron chi connectivity index (χ2n) is 2.76. The number of thiol groups is 1. The van der Waals surface area contributed by atoms with E-state index in [-0.39, 0.29) is 11.1 Å². The summed E-state index contributed by atoms with van der Waals surface area (Å²) in [5.41, 5.74) is 0.949. The maximum absolute atomic E-state index is 10.9. The maximum Gasteiger partial charge on any atom is 0.338 e. The highest BCUT2D eigenvalue weighted by molar-refractivity contribution is 7.80. The van der Waals surface area contributed by atoms with Crippen LogP contribution in [-0.2, 0) is 6.42 Å². The van der Waals surface area contributed by atoms with Gasteiger partial charge >= 0.3 is 5.97 Å². The molecule has 1 aromatic carbocycles. The van der Waals surface area contributed by atoms with E-state index in [1.54, 1.807) is 12.1 Å². The van der Waals surface area contributed by atoms with Gasteiger partial charge in [0.1, 0.15) is 6.07 Å². The minimum Gasteiger partial charge on any atom is -0.478 e. The van der Waals surface area contributed by atoms with Crippen LogP contribution in [0.4, 0.5) is 0 Å². The average molecular weight is 207 g/mol. The third-order valence-electron chi connectivity index (χ3n) is 1.98. The summed E-state index contributed by atoms with van der Waals surface area (Å²) in [5.74, 6) is -1.11. The molecule has 14 heavy (non-hydrogen) atoms. The van der Waals surface area contributed by atoms with Crippen LogP contribution in [0.3, 0.4) is 0 Å². The molecule has 0 unspecified atom stereocenters. The van der Waals surface area contributed by atoms with Crippen molar-refractivity contribution in [1.82, 2.24) is 0 Å². The van der Waals surface area contributed by atoms with Gasteiger partial charge in [0.2, 0.25) is 0 Å². The molecule has 0 aliphatic carbocycles. The highest BCUT2D eigenvalue weighted by Crippen LogP contribution is 2.22. The fourth-order valence-electron chi connectivity index (χ4n) is 1.27. The van der Waals surface area contributed by atoms with Crippen molar-refractivity contribution in [2.24, 2.45) is 0 Å². The van der Waals surface area contributed by atoms with Crippen molar-refractivity contribution in [2.45, 2.75) is 18.2 Å². The summed E-state index contributed by atoms with van der Waals surface area (Å²) in [5, 5.41) is 17.8. The summed E-state index contributed by atoms with van der Waals surface area (Å²) < 4.78 is 0. The number of aromatic carboxylic acids is 1. The van der Waals surface area contributed by atoms with Gasteiger partial charge in [0.25, 0.3) is 0 Å². The maximum atomic E-state index is 10.9. The van der Waals surface area contributed by atoms with Crippen LogP contribution in [0.25, 0.3) is 0 Å². The van der Waals surface area contributed by atoms with Gasteiger partial charge in [0, 0.05) is 4.90 Å². The van der Waals surface area contributed by atoms with Crippen LogP contribution in [0.5, 0.6) is 0 Å². The summed E-state index contributed by atoms with van der Waals surface area (Å²) >= 11 is 4.02. The molecule has 3 nitrogen and oxygen atoms in total. The molecule has 72 valence electrons. The largest absolute Gasteiger partial charge is 0.478 e. The van der Waals surface area contributed by atoms with Crippen LogP contribution in [0.1, 0.15) is 28.4 Å². The van der Waals surface area contributed by atoms with E-state index >= 15 is 0 Å². The highest BCUT2D eigenvalue weighted by atomic mass is 32.1. The minimum atomic E-state index is -1.11. The lowest BCUT2D eigenvalue weighted by Gasteiger charge is -2.06. The zero-order chi connectivity index (χ0) is 10.7. The molecular weight excluding hydrogens is 198 g/mol. The van der Waals surface area contributed by atoms with Crippen molar-refractivity contribution in [3.05, 3.63) is 28.8 Å². The molecule has 0 saturated heterocycles. The van der Waals surface area contributed by atoms with Crippen molar-refractivity contribution in [2.75, 3.05) is 0 Å². The molecule has 0 radical (unpaired) electrons. The van der Waals surface area contributed by atoms with E-state index in [2.05, 4.69) is 12.6 Å². The molecule has 0 aliphatic rings. The van der Waals surface area contributed by atoms with E-state index < -0.39 is 5.97 Å². The van der Waals surface area contributed by atoms with E-state index in [0.717, 1.165) is 5.56 Å². The second-order valence-corrected chi connectivity index (χ2v) is 3.25. The summed E-state index contributed by atoms with van der Waals surface area (Å²) in [6.07, 6.45) is 0.636. The van der Waals surface area contributed by atoms with Crippen LogP contribution >= 0.6 is 12.6 Å². The molecule has 0 amide bonds. The first kappa shape index (κ1) is 10.6. The number of rotatable bonds is 2. The Bertz CT molecular complexity index is 421. The number of aryl methyl sites for hydroxylation is 1. The molecule has 1 N–H and O–H groups in total. The van der Waals surface area contributed by atoms with Crippen molar-refractivity contribution < 1.29 is 9.90 Å². The van der Waals surface area contributed by atoms with Crippen molar-refractivity contribution >= 4 is 18.6 Å². The molecule has 0 atom stereocenters. The molecule has 0 spiro atoms. The number of carboxylic acid groups (broad SMARTS) is 1. The smallest absolute Gasteiger partial charge is 0.338 e. The third kappa shape index (κ3) is 1.73. The quantitative estimate of drug-likeness (QED) is 0.730. The zero-order valence-electron chi connectivity index (χ0n) is 7.61. The SMILES string of the molecule is CCc1ccc(S)c(C(=O)O)c1C#N. The Morgan fingerprint density at radius 1 is 1.64 bits per heavy atom. The molecule has 0 heterocycles. The monoisotopic (exact) mass is 207 g/mol. The van der Waals surface area contributed by atoms with Gasteiger partial charge in [-0.2, -0.15) is 5.26 Å². The summed E-state index contributed by atoms with van der Waals surface area (Å²) in [7, 11) is 0. The molecule has 0 aliphatic heterocycles. The standard InChI is InChI=1S/C10H9NO2S/c1-2-6-3-4-8(14)9(10(12)13)7(6)5-11/h3-4,14H,2H2,1H3,(H,12,13). The van der Waals surface area contributed by atoms with Crippen molar-refractivity contribution in [3.63, 3.8) is 0 Å². The lowest BCUT2D eigenvalue weighted by Crippen LogP contribution is -2.04. The van der Waals surface area contributed by atoms with Gasteiger partial charge in [-0.15, -0.1) is 12.6 Å². The Labute approximate surface area is 87.4 Å². The zero-order valence-corrected chi connectivity index (χ0v) is 8.51. The topological polar surface area (TPSA) is 61.1 Å². The minimum absolute atomic E-state index is 0.00446. The van der Waals surface area contributed by atoms with Crippen molar-refractivity contribution in [3.8, 4) is 6.07 Å². The number of benzene rings is 1. The van der Waals surface area contributed by atoms with Gasteiger partial charge in [-0.25, -0.2) is 4.79 Å². The Balaban J connectivity index is 3.53. The summed E-state index contributed by atoms with van der Waals surface area (Å²) in [4.78, 5) is 11.2. The lowest BCUT2D eigenvalue weighted by molar-refractivity contribution is 0.0692. The summed E-state index contributed by atoms with van der Waals surface area (Å²) in [6, 6.07) is 5.24. The predicted molar refractivity (Wildman–Crippen MR) is 54.7 cm³/mol. The molecule has 1 aromatic rings. The number of nitrogens with zero attached hydrogens (tertiary/aromatic N) is 1. The molecule has 0 fully saturated rings. The summed E-state index contributed by atoms with van der Waals surface area (Å²) in [6.45, 7) is 1.87. The first-order valence-corrected chi connectivity index (χ1v) is 4.54. The van der Waals surface area contributed by atoms with E-state index in [0.29, 0.717) is 11.3 Å². The Morgan fingerprint density at radius 3 is 2.71 bits per heavy atom. The van der Waals surface area contributed by atoms with Crippen LogP contribution in [-0.4, -0.2) is 11.1 Å². The Kier molecular flexibility index (Phi) is 3.15. The molecule has 4 heteroatoms. The number of hydrogen-bond donors (Lipinski definition) is 2. The number of nitriles is 1. The average Bonchev–Trinajstić information content (AvgIpc) is 2.16. The van der Waals surface area contributed by atoms with Gasteiger partial charge in [-0.3, -0.25) is 0 Å². The molecule has 1 rings (SSSR count). The van der Waals surface area contributed by atoms with Crippen LogP contribution in [0.2, 0.25) is 0 Å². The first-order chi connectivity index (χ1) is 6.61. The van der Waals surface area contributed by atoms with Crippen LogP contribution in [0.15, 0.2) is 17.0 Å². The van der Waals surface area contributed by atoms with Crippen molar-refractivity contribution in [1.29, 1.82) is 5.26 Å². The van der Waals surface area contributed by atoms with E-state index in [1.165, 1.54) is 0 Å². The lowest BCUT2D eigenvalue weighted by atomic mass is 10.0. The van der Waals surface area contributed by atoms with E-state index in [4.69, 9.17) is 10.4 Å². The Morgan fingerprint density at radius 2 is 2.29 bits per heavy atom. The van der Waals surface area contributed by atoms with Crippen LogP contribution < -0.4 is 0 Å². The fourth-order valence-corrected chi connectivity index (χ4v) is 1.56. The molecule has 0 saturated carbocycles. The second kappa shape index (κ2) is 4.16. The third-order valence-corrected chi connectivity index (χ3v) is 2.35. The first-order valence-electron chi connectivity index (χ1n) is 4.10. The number of carbonyl (C=O) groups is 1. The van der Waals surface area contributed by atoms with E-state index in [9.17, 15) is 4.79 Å². The highest BCUT2D eigenvalue weighted by Gasteiger charge is 2.16.